The first-order valence-electron chi connectivity index (χ1n) is 6.43. The molecule has 1 aromatic heterocycles. The highest BCUT2D eigenvalue weighted by molar-refractivity contribution is 5.96. The molecule has 0 radical (unpaired) electrons. The van der Waals surface area contributed by atoms with Crippen LogP contribution in [0, 0.1) is 0 Å². The molecule has 0 amide bonds. The monoisotopic (exact) mass is 258 g/mol. The predicted molar refractivity (Wildman–Crippen MR) is 73.5 cm³/mol. The lowest BCUT2D eigenvalue weighted by Crippen LogP contribution is -2.05. The number of ketones is 1. The fourth-order valence-corrected chi connectivity index (χ4v) is 1.96. The van der Waals surface area contributed by atoms with Crippen LogP contribution in [-0.2, 0) is 13.5 Å². The first kappa shape index (κ1) is 13.3. The summed E-state index contributed by atoms with van der Waals surface area (Å²) in [7, 11) is 1.88. The second-order valence-electron chi connectivity index (χ2n) is 4.33. The molecule has 0 spiro atoms. The second-order valence-corrected chi connectivity index (χ2v) is 4.33. The summed E-state index contributed by atoms with van der Waals surface area (Å²) in [6, 6.07) is 9.27. The number of hydrogen-bond acceptors (Lipinski definition) is 3. The first-order chi connectivity index (χ1) is 9.20. The summed E-state index contributed by atoms with van der Waals surface area (Å²) in [6.07, 6.45) is 2.93. The lowest BCUT2D eigenvalue weighted by atomic mass is 10.1. The van der Waals surface area contributed by atoms with Crippen LogP contribution in [0.2, 0.25) is 0 Å². The van der Waals surface area contributed by atoms with Gasteiger partial charge in [-0.2, -0.15) is 5.10 Å². The number of carbonyl (C=O) groups is 1. The Hall–Kier alpha value is -2.10. The molecule has 19 heavy (non-hydrogen) atoms. The van der Waals surface area contributed by atoms with E-state index in [4.69, 9.17) is 4.74 Å². The lowest BCUT2D eigenvalue weighted by Gasteiger charge is -2.06. The van der Waals surface area contributed by atoms with Crippen molar-refractivity contribution >= 4 is 5.78 Å². The summed E-state index contributed by atoms with van der Waals surface area (Å²) in [5, 5.41) is 4.09. The molecule has 1 aromatic carbocycles. The van der Waals surface area contributed by atoms with Crippen molar-refractivity contribution in [3.8, 4) is 5.75 Å². The molecular weight excluding hydrogens is 240 g/mol. The van der Waals surface area contributed by atoms with E-state index in [0.29, 0.717) is 25.0 Å². The van der Waals surface area contributed by atoms with Crippen LogP contribution in [0.25, 0.3) is 0 Å². The Kier molecular flexibility index (Phi) is 4.34. The van der Waals surface area contributed by atoms with E-state index in [9.17, 15) is 4.79 Å². The number of aryl methyl sites for hydroxylation is 2. The third-order valence-electron chi connectivity index (χ3n) is 3.00. The van der Waals surface area contributed by atoms with Crippen molar-refractivity contribution in [2.45, 2.75) is 19.8 Å². The highest BCUT2D eigenvalue weighted by Crippen LogP contribution is 2.15. The zero-order valence-corrected chi connectivity index (χ0v) is 11.3. The summed E-state index contributed by atoms with van der Waals surface area (Å²) < 4.78 is 7.20. The van der Waals surface area contributed by atoms with E-state index in [0.717, 1.165) is 11.4 Å². The topological polar surface area (TPSA) is 44.1 Å². The molecule has 0 fully saturated rings. The number of Topliss-reactive ketones (excluding diaryl/α,β-unsaturated/α-hetero) is 1. The van der Waals surface area contributed by atoms with Gasteiger partial charge in [-0.1, -0.05) is 12.1 Å². The summed E-state index contributed by atoms with van der Waals surface area (Å²) in [5.41, 5.74) is 1.77. The highest BCUT2D eigenvalue weighted by Gasteiger charge is 2.08. The first-order valence-corrected chi connectivity index (χ1v) is 6.43. The number of carbonyl (C=O) groups excluding carboxylic acids is 1. The van der Waals surface area contributed by atoms with Crippen molar-refractivity contribution in [1.29, 1.82) is 0 Å². The summed E-state index contributed by atoms with van der Waals surface area (Å²) in [4.78, 5) is 12.1. The van der Waals surface area contributed by atoms with E-state index in [1.54, 1.807) is 16.9 Å². The van der Waals surface area contributed by atoms with Gasteiger partial charge in [0.2, 0.25) is 0 Å². The molecule has 0 aliphatic carbocycles. The van der Waals surface area contributed by atoms with Gasteiger partial charge in [0.05, 0.1) is 6.61 Å². The van der Waals surface area contributed by atoms with Gasteiger partial charge in [-0.3, -0.25) is 9.48 Å². The molecule has 0 aliphatic heterocycles. The molecule has 0 N–H and O–H groups in total. The summed E-state index contributed by atoms with van der Waals surface area (Å²) >= 11 is 0. The summed E-state index contributed by atoms with van der Waals surface area (Å²) in [6.45, 7) is 2.53. The maximum absolute atomic E-state index is 12.1. The van der Waals surface area contributed by atoms with Crippen LogP contribution in [-0.4, -0.2) is 22.2 Å². The summed E-state index contributed by atoms with van der Waals surface area (Å²) in [5.74, 6) is 0.872. The smallest absolute Gasteiger partial charge is 0.163 e. The van der Waals surface area contributed by atoms with Crippen molar-refractivity contribution in [2.24, 2.45) is 7.05 Å². The molecule has 0 aliphatic rings. The molecule has 2 rings (SSSR count). The molecule has 100 valence electrons. The SMILES string of the molecule is CCOc1cccc(C(=O)CCc2ccnn2C)c1. The van der Waals surface area contributed by atoms with Gasteiger partial charge in [0.1, 0.15) is 5.75 Å². The van der Waals surface area contributed by atoms with Crippen LogP contribution in [0.3, 0.4) is 0 Å². The Morgan fingerprint density at radius 1 is 1.37 bits per heavy atom. The fourth-order valence-electron chi connectivity index (χ4n) is 1.96. The average molecular weight is 258 g/mol. The number of hydrogen-bond donors (Lipinski definition) is 0. The Balaban J connectivity index is 2.00. The van der Waals surface area contributed by atoms with E-state index in [2.05, 4.69) is 5.10 Å². The molecule has 4 heteroatoms. The van der Waals surface area contributed by atoms with Crippen molar-refractivity contribution in [1.82, 2.24) is 9.78 Å². The van der Waals surface area contributed by atoms with E-state index in [-0.39, 0.29) is 5.78 Å². The lowest BCUT2D eigenvalue weighted by molar-refractivity contribution is 0.0982. The van der Waals surface area contributed by atoms with Gasteiger partial charge in [0.15, 0.2) is 5.78 Å². The quantitative estimate of drug-likeness (QED) is 0.748. The number of nitrogens with zero attached hydrogens (tertiary/aromatic N) is 2. The van der Waals surface area contributed by atoms with Gasteiger partial charge in [-0.15, -0.1) is 0 Å². The van der Waals surface area contributed by atoms with Gasteiger partial charge in [-0.05, 0) is 31.5 Å². The molecular formula is C15H18N2O2. The van der Waals surface area contributed by atoms with Crippen LogP contribution < -0.4 is 4.74 Å². The van der Waals surface area contributed by atoms with E-state index >= 15 is 0 Å². The van der Waals surface area contributed by atoms with E-state index in [1.807, 2.05) is 38.2 Å². The van der Waals surface area contributed by atoms with Crippen LogP contribution in [0.5, 0.6) is 5.75 Å². The largest absolute Gasteiger partial charge is 0.494 e. The van der Waals surface area contributed by atoms with Gasteiger partial charge < -0.3 is 4.74 Å². The number of aromatic nitrogens is 2. The van der Waals surface area contributed by atoms with Crippen molar-refractivity contribution in [2.75, 3.05) is 6.61 Å². The third-order valence-corrected chi connectivity index (χ3v) is 3.00. The van der Waals surface area contributed by atoms with Crippen LogP contribution >= 0.6 is 0 Å². The number of rotatable bonds is 6. The number of ether oxygens (including phenoxy) is 1. The van der Waals surface area contributed by atoms with Crippen LogP contribution in [0.15, 0.2) is 36.5 Å². The second kappa shape index (κ2) is 6.18. The standard InChI is InChI=1S/C15H18N2O2/c1-3-19-14-6-4-5-12(11-14)15(18)8-7-13-9-10-16-17(13)2/h4-6,9-11H,3,7-8H2,1-2H3. The molecule has 0 bridgehead atoms. The molecule has 4 nitrogen and oxygen atoms in total. The Labute approximate surface area is 113 Å². The number of benzene rings is 1. The van der Waals surface area contributed by atoms with Gasteiger partial charge >= 0.3 is 0 Å². The Bertz CT molecular complexity index is 561. The minimum atomic E-state index is 0.128. The van der Waals surface area contributed by atoms with E-state index in [1.165, 1.54) is 0 Å². The maximum atomic E-state index is 12.1. The predicted octanol–water partition coefficient (Wildman–Crippen LogP) is 2.63. The highest BCUT2D eigenvalue weighted by atomic mass is 16.5. The molecule has 0 saturated carbocycles. The fraction of sp³-hybridized carbons (Fsp3) is 0.333. The molecule has 0 unspecified atom stereocenters. The van der Waals surface area contributed by atoms with Gasteiger partial charge in [0.25, 0.3) is 0 Å². The zero-order chi connectivity index (χ0) is 13.7. The maximum Gasteiger partial charge on any atom is 0.163 e. The van der Waals surface area contributed by atoms with Crippen molar-refractivity contribution in [3.63, 3.8) is 0 Å². The zero-order valence-electron chi connectivity index (χ0n) is 11.3. The van der Waals surface area contributed by atoms with Gasteiger partial charge in [0, 0.05) is 30.9 Å². The molecule has 1 heterocycles. The molecule has 0 atom stereocenters. The van der Waals surface area contributed by atoms with Crippen molar-refractivity contribution in [3.05, 3.63) is 47.8 Å². The average Bonchev–Trinajstić information content (AvgIpc) is 2.82. The van der Waals surface area contributed by atoms with Crippen LogP contribution in [0.1, 0.15) is 29.4 Å². The minimum absolute atomic E-state index is 0.128. The normalized spacial score (nSPS) is 10.4. The molecule has 0 saturated heterocycles. The molecule has 2 aromatic rings. The van der Waals surface area contributed by atoms with Crippen LogP contribution in [0.4, 0.5) is 0 Å². The Morgan fingerprint density at radius 2 is 2.21 bits per heavy atom. The Morgan fingerprint density at radius 3 is 2.89 bits per heavy atom. The van der Waals surface area contributed by atoms with Crippen molar-refractivity contribution < 1.29 is 9.53 Å². The minimum Gasteiger partial charge on any atom is -0.494 e. The van der Waals surface area contributed by atoms with E-state index < -0.39 is 0 Å². The van der Waals surface area contributed by atoms with Gasteiger partial charge in [-0.25, -0.2) is 0 Å². The third kappa shape index (κ3) is 3.44.